The predicted octanol–water partition coefficient (Wildman–Crippen LogP) is 5.16. The van der Waals surface area contributed by atoms with Crippen LogP contribution in [0.15, 0.2) is 35.5 Å². The quantitative estimate of drug-likeness (QED) is 0.570. The number of amides is 1. The molecule has 0 saturated carbocycles. The smallest absolute Gasteiger partial charge is 0.264 e. The van der Waals surface area contributed by atoms with Crippen LogP contribution in [-0.2, 0) is 6.54 Å². The van der Waals surface area contributed by atoms with E-state index in [0.717, 1.165) is 27.3 Å². The van der Waals surface area contributed by atoms with Crippen LogP contribution in [0.4, 0.5) is 8.78 Å². The van der Waals surface area contributed by atoms with E-state index in [4.69, 9.17) is 0 Å². The van der Waals surface area contributed by atoms with Crippen molar-refractivity contribution in [3.8, 4) is 0 Å². The van der Waals surface area contributed by atoms with Gasteiger partial charge in [0, 0.05) is 41.6 Å². The third kappa shape index (κ3) is 5.79. The van der Waals surface area contributed by atoms with Gasteiger partial charge in [-0.3, -0.25) is 14.8 Å². The number of hydrogen-bond acceptors (Lipinski definition) is 4. The number of alkyl halides is 2. The summed E-state index contributed by atoms with van der Waals surface area (Å²) in [6, 6.07) is 5.52. The third-order valence-corrected chi connectivity index (χ3v) is 5.39. The largest absolute Gasteiger partial charge is 0.328 e. The van der Waals surface area contributed by atoms with Crippen molar-refractivity contribution in [2.24, 2.45) is 4.99 Å². The average Bonchev–Trinajstić information content (AvgIpc) is 3.04. The third-order valence-electron chi connectivity index (χ3n) is 4.11. The van der Waals surface area contributed by atoms with E-state index in [0.29, 0.717) is 11.4 Å². The topological polar surface area (TPSA) is 45.6 Å². The van der Waals surface area contributed by atoms with Gasteiger partial charge in [-0.2, -0.15) is 0 Å². The number of hydrogen-bond donors (Lipinski definition) is 0. The number of carbonyl (C=O) groups excluding carboxylic acids is 1. The molecular weight excluding hydrogens is 380 g/mol. The molecule has 1 amide bonds. The van der Waals surface area contributed by atoms with Gasteiger partial charge in [-0.1, -0.05) is 12.1 Å². The van der Waals surface area contributed by atoms with Gasteiger partial charge in [0.15, 0.2) is 0 Å². The summed E-state index contributed by atoms with van der Waals surface area (Å²) < 4.78 is 26.2. The summed E-state index contributed by atoms with van der Waals surface area (Å²) in [5, 5.41) is 0. The van der Waals surface area contributed by atoms with Crippen LogP contribution in [0.5, 0.6) is 0 Å². The minimum atomic E-state index is -2.61. The van der Waals surface area contributed by atoms with Crippen LogP contribution in [0.3, 0.4) is 0 Å². The maximum Gasteiger partial charge on any atom is 0.264 e. The Bertz CT molecular complexity index is 857. The Balaban J connectivity index is 2.30. The Morgan fingerprint density at radius 3 is 2.68 bits per heavy atom. The molecule has 0 unspecified atom stereocenters. The number of nitrogens with zero attached hydrogens (tertiary/aromatic N) is 3. The molecular formula is C21H25F2N3OS. The number of allylic oxidation sites excluding steroid dienone is 2. The standard InChI is InChI=1S/C21H25F2N3OS/c1-5-17(11-24-6-2)18-9-14(3)20(28-18)21(27)26(13-19(22)23)12-16-8-7-15(4)25-10-16/h5,7-11,19H,6,12-13H2,1-4H3/b17-5+,24-11?. The van der Waals surface area contributed by atoms with Gasteiger partial charge in [0.05, 0.1) is 11.4 Å². The first-order chi connectivity index (χ1) is 13.3. The van der Waals surface area contributed by atoms with Crippen LogP contribution in [0, 0.1) is 13.8 Å². The summed E-state index contributed by atoms with van der Waals surface area (Å²) in [6.45, 7) is 7.67. The molecule has 2 rings (SSSR count). The fraction of sp³-hybridized carbons (Fsp3) is 0.381. The van der Waals surface area contributed by atoms with E-state index in [-0.39, 0.29) is 6.54 Å². The van der Waals surface area contributed by atoms with Crippen molar-refractivity contribution in [2.75, 3.05) is 13.1 Å². The molecule has 0 N–H and O–H groups in total. The number of thiophene rings is 1. The number of aliphatic imine (C=N–C) groups is 1. The van der Waals surface area contributed by atoms with E-state index >= 15 is 0 Å². The first-order valence-electron chi connectivity index (χ1n) is 9.11. The highest BCUT2D eigenvalue weighted by atomic mass is 32.1. The van der Waals surface area contributed by atoms with E-state index in [1.165, 1.54) is 16.2 Å². The van der Waals surface area contributed by atoms with Crippen molar-refractivity contribution in [2.45, 2.75) is 40.7 Å². The molecule has 7 heteroatoms. The van der Waals surface area contributed by atoms with Crippen LogP contribution >= 0.6 is 11.3 Å². The highest BCUT2D eigenvalue weighted by Gasteiger charge is 2.24. The van der Waals surface area contributed by atoms with Gasteiger partial charge in [-0.05, 0) is 51.0 Å². The zero-order chi connectivity index (χ0) is 20.7. The number of aromatic nitrogens is 1. The lowest BCUT2D eigenvalue weighted by molar-refractivity contribution is 0.0538. The molecule has 28 heavy (non-hydrogen) atoms. The summed E-state index contributed by atoms with van der Waals surface area (Å²) in [4.78, 5) is 24.0. The molecule has 0 aliphatic heterocycles. The molecule has 0 atom stereocenters. The highest BCUT2D eigenvalue weighted by Crippen LogP contribution is 2.29. The fourth-order valence-corrected chi connectivity index (χ4v) is 3.83. The Morgan fingerprint density at radius 2 is 2.11 bits per heavy atom. The number of carbonyl (C=O) groups is 1. The molecule has 4 nitrogen and oxygen atoms in total. The van der Waals surface area contributed by atoms with Gasteiger partial charge in [0.25, 0.3) is 12.3 Å². The van der Waals surface area contributed by atoms with Crippen molar-refractivity contribution in [1.82, 2.24) is 9.88 Å². The van der Waals surface area contributed by atoms with E-state index in [9.17, 15) is 13.6 Å². The average molecular weight is 406 g/mol. The summed E-state index contributed by atoms with van der Waals surface area (Å²) in [5.74, 6) is -0.391. The molecule has 0 aromatic carbocycles. The lowest BCUT2D eigenvalue weighted by atomic mass is 10.1. The number of halogens is 2. The first-order valence-corrected chi connectivity index (χ1v) is 9.93. The van der Waals surface area contributed by atoms with Gasteiger partial charge < -0.3 is 4.90 Å². The summed E-state index contributed by atoms with van der Waals surface area (Å²) in [6.07, 6.45) is 2.71. The Morgan fingerprint density at radius 1 is 1.36 bits per heavy atom. The van der Waals surface area contributed by atoms with Gasteiger partial charge in [-0.25, -0.2) is 8.78 Å². The van der Waals surface area contributed by atoms with E-state index in [2.05, 4.69) is 9.98 Å². The zero-order valence-electron chi connectivity index (χ0n) is 16.6. The van der Waals surface area contributed by atoms with Gasteiger partial charge in [-0.15, -0.1) is 11.3 Å². The normalized spacial score (nSPS) is 12.2. The van der Waals surface area contributed by atoms with Gasteiger partial charge in [0.1, 0.15) is 0 Å². The molecule has 2 aromatic rings. The number of pyridine rings is 1. The zero-order valence-corrected chi connectivity index (χ0v) is 17.4. The van der Waals surface area contributed by atoms with E-state index in [1.807, 2.05) is 39.8 Å². The van der Waals surface area contributed by atoms with E-state index < -0.39 is 18.9 Å². The van der Waals surface area contributed by atoms with Crippen LogP contribution in [0.2, 0.25) is 0 Å². The van der Waals surface area contributed by atoms with Crippen LogP contribution in [0.1, 0.15) is 45.2 Å². The first kappa shape index (κ1) is 21.9. The maximum atomic E-state index is 13.1. The van der Waals surface area contributed by atoms with Crippen molar-refractivity contribution in [3.05, 3.63) is 57.0 Å². The van der Waals surface area contributed by atoms with Gasteiger partial charge >= 0.3 is 0 Å². The predicted molar refractivity (Wildman–Crippen MR) is 111 cm³/mol. The number of rotatable bonds is 8. The molecule has 0 aliphatic rings. The summed E-state index contributed by atoms with van der Waals surface area (Å²) in [5.41, 5.74) is 3.24. The monoisotopic (exact) mass is 405 g/mol. The van der Waals surface area contributed by atoms with Crippen molar-refractivity contribution < 1.29 is 13.6 Å². The summed E-state index contributed by atoms with van der Waals surface area (Å²) >= 11 is 1.31. The molecule has 2 aromatic heterocycles. The maximum absolute atomic E-state index is 13.1. The van der Waals surface area contributed by atoms with Crippen LogP contribution < -0.4 is 0 Å². The minimum Gasteiger partial charge on any atom is -0.328 e. The number of aryl methyl sites for hydroxylation is 2. The minimum absolute atomic E-state index is 0.0941. The molecule has 2 heterocycles. The SMILES string of the molecule is C/C=C(\C=NCC)c1cc(C)c(C(=O)N(Cc2ccc(C)nc2)CC(F)F)s1. The van der Waals surface area contributed by atoms with Crippen molar-refractivity contribution >= 4 is 29.0 Å². The molecule has 0 bridgehead atoms. The molecule has 150 valence electrons. The van der Waals surface area contributed by atoms with Crippen LogP contribution in [-0.4, -0.2) is 41.5 Å². The second-order valence-electron chi connectivity index (χ2n) is 6.38. The van der Waals surface area contributed by atoms with Gasteiger partial charge in [0.2, 0.25) is 0 Å². The van der Waals surface area contributed by atoms with Crippen LogP contribution in [0.25, 0.3) is 5.57 Å². The second kappa shape index (κ2) is 10.2. The molecule has 0 radical (unpaired) electrons. The second-order valence-corrected chi connectivity index (χ2v) is 7.43. The molecule has 0 aliphatic carbocycles. The lowest BCUT2D eigenvalue weighted by Crippen LogP contribution is -2.34. The highest BCUT2D eigenvalue weighted by molar-refractivity contribution is 7.15. The molecule has 0 spiro atoms. The molecule has 0 fully saturated rings. The Labute approximate surface area is 168 Å². The lowest BCUT2D eigenvalue weighted by Gasteiger charge is -2.22. The summed E-state index contributed by atoms with van der Waals surface area (Å²) in [7, 11) is 0. The Hall–Kier alpha value is -2.41. The van der Waals surface area contributed by atoms with Crippen molar-refractivity contribution in [3.63, 3.8) is 0 Å². The van der Waals surface area contributed by atoms with E-state index in [1.54, 1.807) is 24.5 Å². The Kier molecular flexibility index (Phi) is 7.99. The molecule has 0 saturated heterocycles. The fourth-order valence-electron chi connectivity index (χ4n) is 2.65. The van der Waals surface area contributed by atoms with Crippen molar-refractivity contribution in [1.29, 1.82) is 0 Å².